The Kier molecular flexibility index (Phi) is 5.29. The van der Waals surface area contributed by atoms with Gasteiger partial charge in [-0.2, -0.15) is 17.6 Å². The van der Waals surface area contributed by atoms with Crippen molar-refractivity contribution in [2.45, 2.75) is 25.6 Å². The Balaban J connectivity index is 1.30. The van der Waals surface area contributed by atoms with Crippen LogP contribution in [0, 0.1) is 17.8 Å². The number of pyridine rings is 1. The van der Waals surface area contributed by atoms with Crippen LogP contribution >= 0.6 is 11.3 Å². The van der Waals surface area contributed by atoms with E-state index < -0.39 is 18.5 Å². The molecular formula is C21H21F4N5S. The van der Waals surface area contributed by atoms with Crippen molar-refractivity contribution in [3.63, 3.8) is 0 Å². The lowest BCUT2D eigenvalue weighted by Gasteiger charge is -2.34. The van der Waals surface area contributed by atoms with Gasteiger partial charge in [-0.1, -0.05) is 6.07 Å². The second kappa shape index (κ2) is 7.98. The van der Waals surface area contributed by atoms with E-state index in [9.17, 15) is 17.6 Å². The highest BCUT2D eigenvalue weighted by molar-refractivity contribution is 7.18. The molecule has 0 bridgehead atoms. The Labute approximate surface area is 180 Å². The van der Waals surface area contributed by atoms with Gasteiger partial charge in [0.1, 0.15) is 17.0 Å². The van der Waals surface area contributed by atoms with E-state index in [4.69, 9.17) is 0 Å². The van der Waals surface area contributed by atoms with Crippen molar-refractivity contribution < 1.29 is 17.6 Å². The number of nitrogens with zero attached hydrogens (tertiary/aromatic N) is 5. The van der Waals surface area contributed by atoms with Crippen molar-refractivity contribution in [3.8, 4) is 0 Å². The standard InChI is InChI=1S/C21H21F4N5S/c22-18-2-1-13(7-26-18)8-29-4-3-14-10-30(11-15(14)9-29)19-17-5-16(6-21(23,24)25)31-20(17)28-12-27-19/h1-2,5,7,12,14-15H,3-4,6,8-11H2/t14-,15+/m1/s1. The van der Waals surface area contributed by atoms with E-state index in [-0.39, 0.29) is 4.88 Å². The first kappa shape index (κ1) is 20.6. The number of anilines is 1. The number of fused-ring (bicyclic) bond motifs is 2. The molecule has 5 rings (SSSR count). The average molecular weight is 451 g/mol. The SMILES string of the molecule is Fc1ccc(CN2CC[C@@H]3CN(c4ncnc5sc(CC(F)(F)F)cc45)C[C@@H]3C2)cn1. The van der Waals surface area contributed by atoms with Gasteiger partial charge in [0.2, 0.25) is 5.95 Å². The highest BCUT2D eigenvalue weighted by atomic mass is 32.1. The number of piperidine rings is 1. The number of aromatic nitrogens is 3. The summed E-state index contributed by atoms with van der Waals surface area (Å²) in [5, 5.41) is 0.708. The van der Waals surface area contributed by atoms with Crippen molar-refractivity contribution in [2.75, 3.05) is 31.1 Å². The lowest BCUT2D eigenvalue weighted by Crippen LogP contribution is -2.39. The average Bonchev–Trinajstić information content (AvgIpc) is 3.31. The summed E-state index contributed by atoms with van der Waals surface area (Å²) in [5.74, 6) is 1.25. The van der Waals surface area contributed by atoms with Crippen LogP contribution < -0.4 is 4.90 Å². The molecule has 0 saturated carbocycles. The third-order valence-corrected chi connectivity index (χ3v) is 7.16. The van der Waals surface area contributed by atoms with Gasteiger partial charge in [0, 0.05) is 37.3 Å². The Morgan fingerprint density at radius 2 is 1.90 bits per heavy atom. The van der Waals surface area contributed by atoms with Gasteiger partial charge in [-0.25, -0.2) is 15.0 Å². The minimum Gasteiger partial charge on any atom is -0.355 e. The van der Waals surface area contributed by atoms with E-state index in [1.807, 2.05) is 0 Å². The Morgan fingerprint density at radius 1 is 1.06 bits per heavy atom. The third-order valence-electron chi connectivity index (χ3n) is 6.11. The summed E-state index contributed by atoms with van der Waals surface area (Å²) in [5.41, 5.74) is 0.989. The molecule has 0 radical (unpaired) electrons. The van der Waals surface area contributed by atoms with Crippen LogP contribution in [0.3, 0.4) is 0 Å². The highest BCUT2D eigenvalue weighted by Crippen LogP contribution is 2.38. The van der Waals surface area contributed by atoms with Crippen molar-refractivity contribution in [1.29, 1.82) is 0 Å². The fourth-order valence-electron chi connectivity index (χ4n) is 4.75. The molecule has 31 heavy (non-hydrogen) atoms. The monoisotopic (exact) mass is 451 g/mol. The minimum absolute atomic E-state index is 0.264. The van der Waals surface area contributed by atoms with Crippen LogP contribution in [0.5, 0.6) is 0 Å². The van der Waals surface area contributed by atoms with Gasteiger partial charge in [0.25, 0.3) is 0 Å². The molecule has 0 amide bonds. The van der Waals surface area contributed by atoms with Gasteiger partial charge < -0.3 is 4.90 Å². The maximum Gasteiger partial charge on any atom is 0.393 e. The van der Waals surface area contributed by atoms with Crippen molar-refractivity contribution in [3.05, 3.63) is 47.1 Å². The Morgan fingerprint density at radius 3 is 2.68 bits per heavy atom. The first-order valence-corrected chi connectivity index (χ1v) is 11.0. The van der Waals surface area contributed by atoms with E-state index in [0.717, 1.165) is 61.9 Å². The lowest BCUT2D eigenvalue weighted by atomic mass is 9.88. The molecule has 3 aromatic heterocycles. The van der Waals surface area contributed by atoms with Crippen molar-refractivity contribution in [2.24, 2.45) is 11.8 Å². The molecule has 0 aliphatic carbocycles. The summed E-state index contributed by atoms with van der Waals surface area (Å²) in [6.07, 6.45) is -1.10. The van der Waals surface area contributed by atoms with Gasteiger partial charge in [-0.3, -0.25) is 4.90 Å². The molecular weight excluding hydrogens is 430 g/mol. The summed E-state index contributed by atoms with van der Waals surface area (Å²) in [4.78, 5) is 17.8. The van der Waals surface area contributed by atoms with Crippen LogP contribution in [0.4, 0.5) is 23.4 Å². The van der Waals surface area contributed by atoms with Crippen LogP contribution in [0.2, 0.25) is 0 Å². The van der Waals surface area contributed by atoms with E-state index in [1.165, 1.54) is 12.4 Å². The number of rotatable bonds is 4. The van der Waals surface area contributed by atoms with Crippen molar-refractivity contribution in [1.82, 2.24) is 19.9 Å². The number of likely N-dealkylation sites (tertiary alicyclic amines) is 1. The van der Waals surface area contributed by atoms with Gasteiger partial charge in [0.15, 0.2) is 0 Å². The number of alkyl halides is 3. The van der Waals surface area contributed by atoms with Crippen LogP contribution in [-0.4, -0.2) is 52.2 Å². The van der Waals surface area contributed by atoms with Gasteiger partial charge in [0.05, 0.1) is 11.8 Å². The van der Waals surface area contributed by atoms with Gasteiger partial charge in [-0.15, -0.1) is 11.3 Å². The first-order chi connectivity index (χ1) is 14.8. The van der Waals surface area contributed by atoms with Crippen LogP contribution in [0.15, 0.2) is 30.7 Å². The van der Waals surface area contributed by atoms with Crippen LogP contribution in [0.25, 0.3) is 10.2 Å². The molecule has 5 heterocycles. The van der Waals surface area contributed by atoms with Crippen LogP contribution in [-0.2, 0) is 13.0 Å². The van der Waals surface area contributed by atoms with E-state index in [1.54, 1.807) is 18.3 Å². The summed E-state index contributed by atoms with van der Waals surface area (Å²) in [7, 11) is 0. The Bertz CT molecular complexity index is 1070. The molecule has 10 heteroatoms. The number of hydrogen-bond acceptors (Lipinski definition) is 6. The maximum absolute atomic E-state index is 13.0. The molecule has 2 aliphatic rings. The molecule has 0 aromatic carbocycles. The first-order valence-electron chi connectivity index (χ1n) is 10.2. The molecule has 2 fully saturated rings. The van der Waals surface area contributed by atoms with Crippen LogP contribution in [0.1, 0.15) is 16.9 Å². The topological polar surface area (TPSA) is 45.2 Å². The van der Waals surface area contributed by atoms with E-state index >= 15 is 0 Å². The number of halogens is 4. The predicted molar refractivity (Wildman–Crippen MR) is 110 cm³/mol. The highest BCUT2D eigenvalue weighted by Gasteiger charge is 2.38. The zero-order valence-electron chi connectivity index (χ0n) is 16.6. The zero-order chi connectivity index (χ0) is 21.6. The summed E-state index contributed by atoms with van der Waals surface area (Å²) in [6, 6.07) is 4.74. The fraction of sp³-hybridized carbons (Fsp3) is 0.476. The molecule has 2 saturated heterocycles. The molecule has 0 unspecified atom stereocenters. The molecule has 2 aliphatic heterocycles. The van der Waals surface area contributed by atoms with Gasteiger partial charge >= 0.3 is 6.18 Å². The second-order valence-electron chi connectivity index (χ2n) is 8.36. The van der Waals surface area contributed by atoms with Crippen molar-refractivity contribution >= 4 is 27.4 Å². The smallest absolute Gasteiger partial charge is 0.355 e. The summed E-state index contributed by atoms with van der Waals surface area (Å²) >= 11 is 1.09. The lowest BCUT2D eigenvalue weighted by molar-refractivity contribution is -0.126. The van der Waals surface area contributed by atoms with E-state index in [2.05, 4.69) is 24.8 Å². The molecule has 0 spiro atoms. The second-order valence-corrected chi connectivity index (χ2v) is 9.47. The molecule has 5 nitrogen and oxygen atoms in total. The zero-order valence-corrected chi connectivity index (χ0v) is 17.5. The summed E-state index contributed by atoms with van der Waals surface area (Å²) < 4.78 is 51.5. The molecule has 3 aromatic rings. The quantitative estimate of drug-likeness (QED) is 0.438. The third kappa shape index (κ3) is 4.50. The van der Waals surface area contributed by atoms with E-state index in [0.29, 0.717) is 22.1 Å². The maximum atomic E-state index is 13.0. The molecule has 164 valence electrons. The molecule has 2 atom stereocenters. The minimum atomic E-state index is -4.24. The number of hydrogen-bond donors (Lipinski definition) is 0. The Hall–Kier alpha value is -2.33. The number of thiophene rings is 1. The normalized spacial score (nSPS) is 22.3. The molecule has 0 N–H and O–H groups in total. The van der Waals surface area contributed by atoms with Gasteiger partial charge in [-0.05, 0) is 42.5 Å². The predicted octanol–water partition coefficient (Wildman–Crippen LogP) is 4.29. The fourth-order valence-corrected chi connectivity index (χ4v) is 5.77. The largest absolute Gasteiger partial charge is 0.393 e. The summed E-state index contributed by atoms with van der Waals surface area (Å²) in [6.45, 7) is 4.29.